The third kappa shape index (κ3) is 6.12. The number of ether oxygens (including phenoxy) is 2. The molecule has 0 saturated carbocycles. The molecule has 1 aromatic heterocycles. The molecule has 0 fully saturated rings. The van der Waals surface area contributed by atoms with Gasteiger partial charge in [-0.2, -0.15) is 5.10 Å². The lowest BCUT2D eigenvalue weighted by Gasteiger charge is -2.13. The Balaban J connectivity index is 1.83. The van der Waals surface area contributed by atoms with Crippen molar-refractivity contribution in [3.05, 3.63) is 71.0 Å². The van der Waals surface area contributed by atoms with Crippen LogP contribution in [0.2, 0.25) is 0 Å². The fraction of sp³-hybridized carbons (Fsp3) is 0.320. The van der Waals surface area contributed by atoms with Crippen molar-refractivity contribution in [2.24, 2.45) is 4.99 Å². The Morgan fingerprint density at radius 2 is 1.70 bits per heavy atom. The molecule has 0 aliphatic heterocycles. The predicted molar refractivity (Wildman–Crippen MR) is 130 cm³/mol. The second-order valence-electron chi connectivity index (χ2n) is 7.39. The van der Waals surface area contributed by atoms with E-state index in [1.54, 1.807) is 31.4 Å². The molecule has 8 nitrogen and oxygen atoms in total. The highest BCUT2D eigenvalue weighted by Crippen LogP contribution is 2.17. The zero-order chi connectivity index (χ0) is 23.8. The van der Waals surface area contributed by atoms with Crippen molar-refractivity contribution < 1.29 is 14.3 Å². The highest BCUT2D eigenvalue weighted by molar-refractivity contribution is 6.10. The summed E-state index contributed by atoms with van der Waals surface area (Å²) in [6.45, 7) is 9.78. The minimum atomic E-state index is -0.271. The number of amides is 1. The van der Waals surface area contributed by atoms with Gasteiger partial charge in [0.1, 0.15) is 11.5 Å². The Bertz CT molecular complexity index is 1100. The van der Waals surface area contributed by atoms with Crippen LogP contribution >= 0.6 is 0 Å². The Kier molecular flexibility index (Phi) is 8.07. The summed E-state index contributed by atoms with van der Waals surface area (Å²) in [5.74, 6) is 1.55. The van der Waals surface area contributed by atoms with E-state index in [2.05, 4.69) is 27.6 Å². The van der Waals surface area contributed by atoms with Crippen molar-refractivity contribution in [2.75, 3.05) is 19.0 Å². The number of hydrogen-bond acceptors (Lipinski definition) is 5. The quantitative estimate of drug-likeness (QED) is 0.395. The lowest BCUT2D eigenvalue weighted by atomic mass is 10.2. The van der Waals surface area contributed by atoms with E-state index in [1.807, 2.05) is 49.7 Å². The largest absolute Gasteiger partial charge is 0.497 e. The van der Waals surface area contributed by atoms with E-state index in [9.17, 15) is 4.79 Å². The third-order valence-corrected chi connectivity index (χ3v) is 5.24. The average molecular weight is 450 g/mol. The summed E-state index contributed by atoms with van der Waals surface area (Å²) in [5, 5.41) is 10.7. The minimum absolute atomic E-state index is 0.271. The molecule has 0 radical (unpaired) electrons. The van der Waals surface area contributed by atoms with E-state index >= 15 is 0 Å². The molecule has 0 unspecified atom stereocenters. The lowest BCUT2D eigenvalue weighted by Crippen LogP contribution is -2.36. The molecule has 3 rings (SSSR count). The van der Waals surface area contributed by atoms with Gasteiger partial charge in [0, 0.05) is 29.1 Å². The Morgan fingerprint density at radius 3 is 2.27 bits per heavy atom. The molecule has 0 bridgehead atoms. The van der Waals surface area contributed by atoms with Gasteiger partial charge in [0.25, 0.3) is 5.91 Å². The molecule has 2 aromatic carbocycles. The Morgan fingerprint density at radius 1 is 1.03 bits per heavy atom. The number of guanidine groups is 1. The van der Waals surface area contributed by atoms with Crippen LogP contribution < -0.4 is 20.1 Å². The molecule has 33 heavy (non-hydrogen) atoms. The molecule has 8 heteroatoms. The smallest absolute Gasteiger partial charge is 0.257 e. The van der Waals surface area contributed by atoms with Crippen LogP contribution in [-0.2, 0) is 13.1 Å². The molecule has 0 saturated heterocycles. The Labute approximate surface area is 194 Å². The van der Waals surface area contributed by atoms with E-state index in [-0.39, 0.29) is 5.91 Å². The number of benzene rings is 2. The van der Waals surface area contributed by atoms with Crippen molar-refractivity contribution >= 4 is 17.6 Å². The van der Waals surface area contributed by atoms with Crippen molar-refractivity contribution in [3.63, 3.8) is 0 Å². The first-order valence-corrected chi connectivity index (χ1v) is 11.0. The van der Waals surface area contributed by atoms with Crippen LogP contribution in [0.5, 0.6) is 11.5 Å². The number of methoxy groups -OCH3 is 1. The van der Waals surface area contributed by atoms with E-state index in [0.29, 0.717) is 30.4 Å². The van der Waals surface area contributed by atoms with Gasteiger partial charge in [-0.15, -0.1) is 0 Å². The van der Waals surface area contributed by atoms with Gasteiger partial charge < -0.3 is 14.8 Å². The van der Waals surface area contributed by atoms with E-state index in [1.165, 1.54) is 0 Å². The van der Waals surface area contributed by atoms with E-state index in [0.717, 1.165) is 34.9 Å². The van der Waals surface area contributed by atoms with Crippen LogP contribution in [0.25, 0.3) is 0 Å². The normalized spacial score (nSPS) is 11.2. The summed E-state index contributed by atoms with van der Waals surface area (Å²) < 4.78 is 12.6. The number of anilines is 1. The number of carbonyl (C=O) groups excluding carboxylic acids is 1. The maximum Gasteiger partial charge on any atom is 0.257 e. The molecule has 1 heterocycles. The van der Waals surface area contributed by atoms with Crippen LogP contribution in [-0.4, -0.2) is 35.4 Å². The molecule has 0 aliphatic carbocycles. The maximum absolute atomic E-state index is 12.9. The number of nitrogens with one attached hydrogen (secondary N) is 2. The molecular weight excluding hydrogens is 418 g/mol. The van der Waals surface area contributed by atoms with Gasteiger partial charge in [-0.05, 0) is 76.2 Å². The van der Waals surface area contributed by atoms with Gasteiger partial charge in [0.05, 0.1) is 26.0 Å². The van der Waals surface area contributed by atoms with E-state index in [4.69, 9.17) is 9.47 Å². The molecule has 1 amide bonds. The van der Waals surface area contributed by atoms with Gasteiger partial charge >= 0.3 is 0 Å². The van der Waals surface area contributed by atoms with Gasteiger partial charge in [-0.25, -0.2) is 4.99 Å². The summed E-state index contributed by atoms with van der Waals surface area (Å²) in [6, 6.07) is 14.4. The lowest BCUT2D eigenvalue weighted by molar-refractivity contribution is 0.0977. The highest BCUT2D eigenvalue weighted by Gasteiger charge is 2.13. The van der Waals surface area contributed by atoms with Crippen LogP contribution in [0.4, 0.5) is 5.69 Å². The highest BCUT2D eigenvalue weighted by atomic mass is 16.5. The topological polar surface area (TPSA) is 89.8 Å². The van der Waals surface area contributed by atoms with Crippen molar-refractivity contribution in [3.8, 4) is 11.5 Å². The third-order valence-electron chi connectivity index (χ3n) is 5.24. The van der Waals surface area contributed by atoms with Gasteiger partial charge in [0.15, 0.2) is 0 Å². The number of aryl methyl sites for hydroxylation is 2. The number of nitrogens with zero attached hydrogens (tertiary/aromatic N) is 3. The summed E-state index contributed by atoms with van der Waals surface area (Å²) in [7, 11) is 1.59. The second kappa shape index (κ2) is 11.2. The Hall–Kier alpha value is -3.81. The molecule has 2 N–H and O–H groups in total. The standard InChI is InChI=1S/C25H31N5O3/c1-6-30-18(4)23(17(3)29-30)16-26-25(27-20-10-14-22(15-11-20)33-7-2)28-24(31)19-8-12-21(32-5)13-9-19/h8-15H,6-7,16H2,1-5H3,(H2,26,27,28,31). The van der Waals surface area contributed by atoms with Gasteiger partial charge in [-0.1, -0.05) is 0 Å². The van der Waals surface area contributed by atoms with Gasteiger partial charge in [0.2, 0.25) is 5.96 Å². The summed E-state index contributed by atoms with van der Waals surface area (Å²) in [4.78, 5) is 17.6. The second-order valence-corrected chi connectivity index (χ2v) is 7.39. The fourth-order valence-corrected chi connectivity index (χ4v) is 3.40. The number of hydrogen-bond donors (Lipinski definition) is 2. The molecule has 0 atom stereocenters. The first kappa shape index (κ1) is 23.8. The van der Waals surface area contributed by atoms with Crippen LogP contribution in [0, 0.1) is 13.8 Å². The van der Waals surface area contributed by atoms with Crippen LogP contribution in [0.3, 0.4) is 0 Å². The number of carbonyl (C=O) groups is 1. The summed E-state index contributed by atoms with van der Waals surface area (Å²) in [6.07, 6.45) is 0. The molecule has 0 spiro atoms. The number of rotatable bonds is 8. The van der Waals surface area contributed by atoms with Crippen molar-refractivity contribution in [1.82, 2.24) is 15.1 Å². The molecule has 3 aromatic rings. The minimum Gasteiger partial charge on any atom is -0.497 e. The van der Waals surface area contributed by atoms with E-state index < -0.39 is 0 Å². The maximum atomic E-state index is 12.9. The first-order valence-electron chi connectivity index (χ1n) is 11.0. The monoisotopic (exact) mass is 449 g/mol. The van der Waals surface area contributed by atoms with Crippen molar-refractivity contribution in [1.29, 1.82) is 0 Å². The summed E-state index contributed by atoms with van der Waals surface area (Å²) in [5.41, 5.74) is 4.33. The molecular formula is C25H31N5O3. The predicted octanol–water partition coefficient (Wildman–Crippen LogP) is 4.33. The zero-order valence-corrected chi connectivity index (χ0v) is 19.8. The number of aromatic nitrogens is 2. The number of aliphatic imine (C=N–C) groups is 1. The average Bonchev–Trinajstić information content (AvgIpc) is 3.11. The van der Waals surface area contributed by atoms with Crippen molar-refractivity contribution in [2.45, 2.75) is 40.8 Å². The SMILES string of the molecule is CCOc1ccc(NC(=NCc2c(C)nn(CC)c2C)NC(=O)c2ccc(OC)cc2)cc1. The molecule has 0 aliphatic rings. The van der Waals surface area contributed by atoms with Crippen LogP contribution in [0.1, 0.15) is 41.2 Å². The molecule has 174 valence electrons. The fourth-order valence-electron chi connectivity index (χ4n) is 3.40. The first-order chi connectivity index (χ1) is 15.9. The zero-order valence-electron chi connectivity index (χ0n) is 19.8. The summed E-state index contributed by atoms with van der Waals surface area (Å²) >= 11 is 0. The van der Waals surface area contributed by atoms with Gasteiger partial charge in [-0.3, -0.25) is 14.8 Å². The van der Waals surface area contributed by atoms with Crippen LogP contribution in [0.15, 0.2) is 53.5 Å².